The number of amides is 1. The van der Waals surface area contributed by atoms with Crippen molar-refractivity contribution in [3.63, 3.8) is 0 Å². The van der Waals surface area contributed by atoms with E-state index in [2.05, 4.69) is 26.6 Å². The van der Waals surface area contributed by atoms with Gasteiger partial charge in [0.2, 0.25) is 0 Å². The molecular weight excluding hydrogens is 306 g/mol. The second-order valence-electron chi connectivity index (χ2n) is 6.57. The summed E-state index contributed by atoms with van der Waals surface area (Å²) < 4.78 is 34.8. The molecule has 1 aromatic rings. The molecule has 124 valence electrons. The largest absolute Gasteiger partial charge is 0.586 e. The van der Waals surface area contributed by atoms with E-state index in [1.807, 2.05) is 0 Å². The Morgan fingerprint density at radius 2 is 2.00 bits per heavy atom. The molecule has 7 heteroatoms. The Hall–Kier alpha value is -1.89. The van der Waals surface area contributed by atoms with Gasteiger partial charge in [-0.15, -0.1) is 8.78 Å². The average Bonchev–Trinajstić information content (AvgIpc) is 3.19. The predicted octanol–water partition coefficient (Wildman–Crippen LogP) is 2.22. The maximum Gasteiger partial charge on any atom is 0.586 e. The second-order valence-corrected chi connectivity index (χ2v) is 6.57. The van der Waals surface area contributed by atoms with Crippen LogP contribution in [0.1, 0.15) is 30.1 Å². The van der Waals surface area contributed by atoms with Crippen LogP contribution in [0.2, 0.25) is 0 Å². The topological polar surface area (TPSA) is 50.8 Å². The second kappa shape index (κ2) is 5.06. The molecule has 2 heterocycles. The zero-order chi connectivity index (χ0) is 16.2. The summed E-state index contributed by atoms with van der Waals surface area (Å²) in [6.07, 6.45) is -1.18. The minimum atomic E-state index is -3.66. The summed E-state index contributed by atoms with van der Waals surface area (Å²) >= 11 is 0. The van der Waals surface area contributed by atoms with Gasteiger partial charge < -0.3 is 14.8 Å². The van der Waals surface area contributed by atoms with Crippen molar-refractivity contribution < 1.29 is 23.0 Å². The highest BCUT2D eigenvalue weighted by molar-refractivity contribution is 5.95. The SMILES string of the molecule is CC1CN(C2CC2)CC1NC(=O)c1ccc2c(c1)OC(F)(F)O2. The smallest absolute Gasteiger partial charge is 0.395 e. The standard InChI is InChI=1S/C16H18F2N2O3/c1-9-7-20(11-3-4-11)8-12(9)19-15(21)10-2-5-13-14(6-10)23-16(17,18)22-13/h2,5-6,9,11-12H,3-4,7-8H2,1H3,(H,19,21). The molecule has 0 spiro atoms. The number of ether oxygens (including phenoxy) is 2. The number of nitrogens with zero attached hydrogens (tertiary/aromatic N) is 1. The van der Waals surface area contributed by atoms with E-state index >= 15 is 0 Å². The third kappa shape index (κ3) is 2.85. The number of halogens is 2. The predicted molar refractivity (Wildman–Crippen MR) is 77.7 cm³/mol. The Labute approximate surface area is 132 Å². The number of alkyl halides is 2. The van der Waals surface area contributed by atoms with Gasteiger partial charge in [0, 0.05) is 30.7 Å². The van der Waals surface area contributed by atoms with Gasteiger partial charge in [0.15, 0.2) is 11.5 Å². The highest BCUT2D eigenvalue weighted by Gasteiger charge is 2.44. The van der Waals surface area contributed by atoms with Gasteiger partial charge in [0.1, 0.15) is 0 Å². The normalized spacial score (nSPS) is 28.8. The fraction of sp³-hybridized carbons (Fsp3) is 0.562. The molecule has 1 N–H and O–H groups in total. The number of carbonyl (C=O) groups is 1. The van der Waals surface area contributed by atoms with Crippen LogP contribution in [0.25, 0.3) is 0 Å². The number of hydrogen-bond donors (Lipinski definition) is 1. The molecule has 23 heavy (non-hydrogen) atoms. The lowest BCUT2D eigenvalue weighted by molar-refractivity contribution is -0.286. The molecule has 0 radical (unpaired) electrons. The number of likely N-dealkylation sites (tertiary alicyclic amines) is 1. The Balaban J connectivity index is 1.44. The Morgan fingerprint density at radius 1 is 1.26 bits per heavy atom. The summed E-state index contributed by atoms with van der Waals surface area (Å²) in [5.74, 6) is -0.0681. The molecule has 1 amide bonds. The van der Waals surface area contributed by atoms with Gasteiger partial charge in [-0.2, -0.15) is 0 Å². The molecule has 5 nitrogen and oxygen atoms in total. The van der Waals surface area contributed by atoms with Crippen LogP contribution in [0, 0.1) is 5.92 Å². The molecule has 3 aliphatic rings. The lowest BCUT2D eigenvalue weighted by Crippen LogP contribution is -2.40. The van der Waals surface area contributed by atoms with Crippen molar-refractivity contribution in [3.8, 4) is 11.5 Å². The molecule has 0 bridgehead atoms. The van der Waals surface area contributed by atoms with E-state index in [1.165, 1.54) is 31.0 Å². The number of fused-ring (bicyclic) bond motifs is 1. The lowest BCUT2D eigenvalue weighted by atomic mass is 10.1. The van der Waals surface area contributed by atoms with E-state index in [-0.39, 0.29) is 23.4 Å². The number of benzene rings is 1. The molecule has 1 saturated carbocycles. The van der Waals surface area contributed by atoms with Crippen molar-refractivity contribution in [1.29, 1.82) is 0 Å². The fourth-order valence-electron chi connectivity index (χ4n) is 3.27. The molecular formula is C16H18F2N2O3. The Kier molecular flexibility index (Phi) is 3.23. The molecule has 2 aliphatic heterocycles. The number of rotatable bonds is 3. The zero-order valence-corrected chi connectivity index (χ0v) is 12.7. The van der Waals surface area contributed by atoms with Crippen LogP contribution in [-0.4, -0.2) is 42.3 Å². The zero-order valence-electron chi connectivity index (χ0n) is 12.7. The summed E-state index contributed by atoms with van der Waals surface area (Å²) in [6, 6.07) is 4.85. The van der Waals surface area contributed by atoms with Gasteiger partial charge in [0.05, 0.1) is 0 Å². The van der Waals surface area contributed by atoms with Crippen LogP contribution in [0.4, 0.5) is 8.78 Å². The van der Waals surface area contributed by atoms with Crippen molar-refractivity contribution in [1.82, 2.24) is 10.2 Å². The van der Waals surface area contributed by atoms with E-state index in [0.29, 0.717) is 17.5 Å². The number of hydrogen-bond acceptors (Lipinski definition) is 4. The maximum atomic E-state index is 13.0. The summed E-state index contributed by atoms with van der Waals surface area (Å²) in [4.78, 5) is 14.8. The highest BCUT2D eigenvalue weighted by Crippen LogP contribution is 2.41. The first-order chi connectivity index (χ1) is 10.9. The maximum absolute atomic E-state index is 13.0. The van der Waals surface area contributed by atoms with Gasteiger partial charge >= 0.3 is 6.29 Å². The van der Waals surface area contributed by atoms with Crippen molar-refractivity contribution in [3.05, 3.63) is 23.8 Å². The van der Waals surface area contributed by atoms with Crippen molar-refractivity contribution >= 4 is 5.91 Å². The molecule has 1 aromatic carbocycles. The van der Waals surface area contributed by atoms with Crippen LogP contribution in [0.5, 0.6) is 11.5 Å². The van der Waals surface area contributed by atoms with E-state index < -0.39 is 6.29 Å². The third-order valence-corrected chi connectivity index (χ3v) is 4.68. The van der Waals surface area contributed by atoms with Crippen LogP contribution >= 0.6 is 0 Å². The van der Waals surface area contributed by atoms with Crippen LogP contribution in [0.3, 0.4) is 0 Å². The summed E-state index contributed by atoms with van der Waals surface area (Å²) in [5.41, 5.74) is 0.294. The van der Waals surface area contributed by atoms with Crippen molar-refractivity contribution in [2.24, 2.45) is 5.92 Å². The Morgan fingerprint density at radius 3 is 2.74 bits per heavy atom. The third-order valence-electron chi connectivity index (χ3n) is 4.68. The summed E-state index contributed by atoms with van der Waals surface area (Å²) in [7, 11) is 0. The first kappa shape index (κ1) is 14.7. The van der Waals surface area contributed by atoms with Crippen molar-refractivity contribution in [2.75, 3.05) is 13.1 Å². The van der Waals surface area contributed by atoms with Gasteiger partial charge in [-0.05, 0) is 37.0 Å². The highest BCUT2D eigenvalue weighted by atomic mass is 19.3. The van der Waals surface area contributed by atoms with E-state index in [4.69, 9.17) is 0 Å². The minimum Gasteiger partial charge on any atom is -0.395 e. The summed E-state index contributed by atoms with van der Waals surface area (Å²) in [6.45, 7) is 3.96. The molecule has 1 aliphatic carbocycles. The average molecular weight is 324 g/mol. The molecule has 2 unspecified atom stereocenters. The van der Waals surface area contributed by atoms with Gasteiger partial charge in [0.25, 0.3) is 5.91 Å². The van der Waals surface area contributed by atoms with Crippen LogP contribution in [-0.2, 0) is 0 Å². The van der Waals surface area contributed by atoms with Crippen molar-refractivity contribution in [2.45, 2.75) is 38.1 Å². The quantitative estimate of drug-likeness (QED) is 0.926. The van der Waals surface area contributed by atoms with E-state index in [9.17, 15) is 13.6 Å². The molecule has 1 saturated heterocycles. The number of nitrogens with one attached hydrogen (secondary N) is 1. The fourth-order valence-corrected chi connectivity index (χ4v) is 3.27. The van der Waals surface area contributed by atoms with Crippen LogP contribution < -0.4 is 14.8 Å². The number of carbonyl (C=O) groups excluding carboxylic acids is 1. The van der Waals surface area contributed by atoms with Gasteiger partial charge in [-0.3, -0.25) is 9.69 Å². The van der Waals surface area contributed by atoms with E-state index in [1.54, 1.807) is 0 Å². The molecule has 4 rings (SSSR count). The van der Waals surface area contributed by atoms with E-state index in [0.717, 1.165) is 13.1 Å². The first-order valence-electron chi connectivity index (χ1n) is 7.86. The molecule has 2 atom stereocenters. The first-order valence-corrected chi connectivity index (χ1v) is 7.86. The molecule has 2 fully saturated rings. The summed E-state index contributed by atoms with van der Waals surface area (Å²) in [5, 5.41) is 3.00. The van der Waals surface area contributed by atoms with Gasteiger partial charge in [-0.1, -0.05) is 6.92 Å². The van der Waals surface area contributed by atoms with Gasteiger partial charge in [-0.25, -0.2) is 0 Å². The Bertz CT molecular complexity index is 648. The van der Waals surface area contributed by atoms with Crippen LogP contribution in [0.15, 0.2) is 18.2 Å². The lowest BCUT2D eigenvalue weighted by Gasteiger charge is -2.17. The monoisotopic (exact) mass is 324 g/mol. The minimum absolute atomic E-state index is 0.0549. The molecule has 0 aromatic heterocycles.